The minimum Gasteiger partial charge on any atom is -0.351 e. The molecule has 0 atom stereocenters. The number of nitrogens with one attached hydrogen (secondary N) is 2. The Kier molecular flexibility index (Phi) is 7.10. The molecule has 21 heavy (non-hydrogen) atoms. The van der Waals surface area contributed by atoms with Gasteiger partial charge in [-0.15, -0.1) is 12.4 Å². The van der Waals surface area contributed by atoms with E-state index in [0.717, 1.165) is 6.07 Å². The molecule has 0 fully saturated rings. The Balaban J connectivity index is 0.00000400. The number of nitrogens with zero attached hydrogens (tertiary/aromatic N) is 1. The first-order valence-electron chi connectivity index (χ1n) is 5.55. The van der Waals surface area contributed by atoms with Crippen molar-refractivity contribution in [1.82, 2.24) is 10.6 Å². The molecule has 1 amide bonds. The summed E-state index contributed by atoms with van der Waals surface area (Å²) in [6, 6.07) is 1.79. The Labute approximate surface area is 124 Å². The first-order chi connectivity index (χ1) is 9.27. The lowest BCUT2D eigenvalue weighted by Gasteiger charge is -2.09. The Morgan fingerprint density at radius 1 is 1.33 bits per heavy atom. The number of benzene rings is 1. The van der Waals surface area contributed by atoms with Crippen molar-refractivity contribution in [1.29, 1.82) is 0 Å². The number of nitro benzene ring substituents is 1. The topological polar surface area (TPSA) is 84.3 Å². The van der Waals surface area contributed by atoms with Crippen LogP contribution in [0.25, 0.3) is 0 Å². The molecule has 0 bridgehead atoms. The third kappa shape index (κ3) is 5.20. The van der Waals surface area contributed by atoms with Crippen LogP contribution < -0.4 is 10.6 Å². The molecule has 1 aromatic rings. The molecule has 0 aromatic heterocycles. The minimum atomic E-state index is -4.70. The van der Waals surface area contributed by atoms with Crippen molar-refractivity contribution >= 4 is 24.0 Å². The predicted octanol–water partition coefficient (Wildman–Crippen LogP) is 1.98. The van der Waals surface area contributed by atoms with Crippen molar-refractivity contribution in [3.63, 3.8) is 0 Å². The molecule has 2 N–H and O–H groups in total. The summed E-state index contributed by atoms with van der Waals surface area (Å²) in [6.45, 7) is 0.633. The fourth-order valence-corrected chi connectivity index (χ4v) is 1.45. The van der Waals surface area contributed by atoms with E-state index in [-0.39, 0.29) is 19.0 Å². The Morgan fingerprint density at radius 3 is 2.43 bits per heavy atom. The summed E-state index contributed by atoms with van der Waals surface area (Å²) in [5, 5.41) is 15.9. The van der Waals surface area contributed by atoms with E-state index in [1.807, 2.05) is 0 Å². The van der Waals surface area contributed by atoms with Crippen LogP contribution in [0, 0.1) is 10.1 Å². The molecular weight excluding hydrogens is 315 g/mol. The maximum atomic E-state index is 12.5. The van der Waals surface area contributed by atoms with E-state index in [0.29, 0.717) is 18.7 Å². The average Bonchev–Trinajstić information content (AvgIpc) is 2.37. The zero-order valence-corrected chi connectivity index (χ0v) is 11.7. The summed E-state index contributed by atoms with van der Waals surface area (Å²) in [4.78, 5) is 21.5. The summed E-state index contributed by atoms with van der Waals surface area (Å²) in [5.74, 6) is -0.791. The van der Waals surface area contributed by atoms with Gasteiger partial charge in [-0.3, -0.25) is 14.9 Å². The minimum absolute atomic E-state index is 0. The van der Waals surface area contributed by atoms with Gasteiger partial charge in [-0.05, 0) is 19.2 Å². The van der Waals surface area contributed by atoms with E-state index in [2.05, 4.69) is 10.6 Å². The summed E-state index contributed by atoms with van der Waals surface area (Å²) < 4.78 is 37.4. The smallest absolute Gasteiger partial charge is 0.351 e. The molecule has 0 saturated heterocycles. The summed E-state index contributed by atoms with van der Waals surface area (Å²) in [6.07, 6.45) is -4.70. The largest absolute Gasteiger partial charge is 0.416 e. The average molecular weight is 328 g/mol. The second-order valence-electron chi connectivity index (χ2n) is 3.85. The first-order valence-corrected chi connectivity index (χ1v) is 5.55. The van der Waals surface area contributed by atoms with Gasteiger partial charge in [0.2, 0.25) is 0 Å². The van der Waals surface area contributed by atoms with E-state index in [9.17, 15) is 28.1 Å². The van der Waals surface area contributed by atoms with Gasteiger partial charge in [0.05, 0.1) is 10.5 Å². The first kappa shape index (κ1) is 19.1. The Hall–Kier alpha value is -1.87. The molecule has 0 saturated carbocycles. The standard InChI is InChI=1S/C11H12F3N3O3.ClH/c1-15-4-5-16-10(18)8-3-2-7(11(12,13)14)6-9(8)17(19)20;/h2-3,6,15H,4-5H2,1H3,(H,16,18);1H. The van der Waals surface area contributed by atoms with Gasteiger partial charge >= 0.3 is 6.18 Å². The van der Waals surface area contributed by atoms with Gasteiger partial charge in [0.25, 0.3) is 11.6 Å². The third-order valence-electron chi connectivity index (χ3n) is 2.43. The van der Waals surface area contributed by atoms with Crippen LogP contribution in [0.3, 0.4) is 0 Å². The highest BCUT2D eigenvalue weighted by Gasteiger charge is 2.33. The van der Waals surface area contributed by atoms with Crippen molar-refractivity contribution < 1.29 is 22.9 Å². The van der Waals surface area contributed by atoms with Gasteiger partial charge in [-0.2, -0.15) is 13.2 Å². The highest BCUT2D eigenvalue weighted by molar-refractivity contribution is 5.98. The molecule has 0 spiro atoms. The highest BCUT2D eigenvalue weighted by Crippen LogP contribution is 2.32. The van der Waals surface area contributed by atoms with Crippen LogP contribution in [-0.2, 0) is 6.18 Å². The second kappa shape index (κ2) is 7.79. The summed E-state index contributed by atoms with van der Waals surface area (Å²) in [7, 11) is 1.65. The molecule has 1 aromatic carbocycles. The van der Waals surface area contributed by atoms with Crippen LogP contribution in [0.1, 0.15) is 15.9 Å². The van der Waals surface area contributed by atoms with Crippen LogP contribution in [0.5, 0.6) is 0 Å². The van der Waals surface area contributed by atoms with Gasteiger partial charge in [-0.1, -0.05) is 0 Å². The molecule has 0 heterocycles. The zero-order chi connectivity index (χ0) is 15.3. The number of rotatable bonds is 5. The van der Waals surface area contributed by atoms with Crippen LogP contribution in [0.2, 0.25) is 0 Å². The fourth-order valence-electron chi connectivity index (χ4n) is 1.45. The van der Waals surface area contributed by atoms with E-state index < -0.39 is 33.8 Å². The molecular formula is C11H13ClF3N3O3. The number of halogens is 4. The fraction of sp³-hybridized carbons (Fsp3) is 0.364. The van der Waals surface area contributed by atoms with E-state index >= 15 is 0 Å². The SMILES string of the molecule is CNCCNC(=O)c1ccc(C(F)(F)F)cc1[N+](=O)[O-].Cl. The molecule has 0 radical (unpaired) electrons. The number of likely N-dealkylation sites (N-methyl/N-ethyl adjacent to an activating group) is 1. The van der Waals surface area contributed by atoms with E-state index in [1.165, 1.54) is 0 Å². The number of hydrogen-bond donors (Lipinski definition) is 2. The number of alkyl halides is 3. The molecule has 0 unspecified atom stereocenters. The lowest BCUT2D eigenvalue weighted by atomic mass is 10.1. The molecule has 0 aliphatic carbocycles. The van der Waals surface area contributed by atoms with Crippen LogP contribution in [-0.4, -0.2) is 31.0 Å². The molecule has 6 nitrogen and oxygen atoms in total. The molecule has 0 aliphatic rings. The predicted molar refractivity (Wildman–Crippen MR) is 71.6 cm³/mol. The number of carbonyl (C=O) groups is 1. The zero-order valence-electron chi connectivity index (χ0n) is 10.9. The van der Waals surface area contributed by atoms with Gasteiger partial charge in [-0.25, -0.2) is 0 Å². The number of nitro groups is 1. The molecule has 0 aliphatic heterocycles. The van der Waals surface area contributed by atoms with Crippen molar-refractivity contribution in [2.24, 2.45) is 0 Å². The number of carbonyl (C=O) groups excluding carboxylic acids is 1. The van der Waals surface area contributed by atoms with Gasteiger partial charge in [0, 0.05) is 19.2 Å². The van der Waals surface area contributed by atoms with Crippen molar-refractivity contribution in [2.45, 2.75) is 6.18 Å². The lowest BCUT2D eigenvalue weighted by Crippen LogP contribution is -2.30. The van der Waals surface area contributed by atoms with Gasteiger partial charge in [0.15, 0.2) is 0 Å². The maximum absolute atomic E-state index is 12.5. The molecule has 1 rings (SSSR count). The normalized spacial score (nSPS) is 10.7. The quantitative estimate of drug-likeness (QED) is 0.492. The Bertz CT molecular complexity index is 523. The molecule has 118 valence electrons. The number of hydrogen-bond acceptors (Lipinski definition) is 4. The van der Waals surface area contributed by atoms with Gasteiger partial charge < -0.3 is 10.6 Å². The van der Waals surface area contributed by atoms with E-state index in [1.54, 1.807) is 7.05 Å². The van der Waals surface area contributed by atoms with Crippen LogP contribution in [0.4, 0.5) is 18.9 Å². The molecule has 10 heteroatoms. The highest BCUT2D eigenvalue weighted by atomic mass is 35.5. The number of amides is 1. The van der Waals surface area contributed by atoms with Gasteiger partial charge in [0.1, 0.15) is 5.56 Å². The Morgan fingerprint density at radius 2 is 1.95 bits per heavy atom. The second-order valence-corrected chi connectivity index (χ2v) is 3.85. The van der Waals surface area contributed by atoms with Crippen LogP contribution in [0.15, 0.2) is 18.2 Å². The van der Waals surface area contributed by atoms with Crippen LogP contribution >= 0.6 is 12.4 Å². The van der Waals surface area contributed by atoms with Crippen molar-refractivity contribution in [3.05, 3.63) is 39.4 Å². The monoisotopic (exact) mass is 327 g/mol. The lowest BCUT2D eigenvalue weighted by molar-refractivity contribution is -0.385. The summed E-state index contributed by atoms with van der Waals surface area (Å²) in [5.41, 5.74) is -2.45. The van der Waals surface area contributed by atoms with Crippen molar-refractivity contribution in [3.8, 4) is 0 Å². The maximum Gasteiger partial charge on any atom is 0.416 e. The van der Waals surface area contributed by atoms with Crippen molar-refractivity contribution in [2.75, 3.05) is 20.1 Å². The third-order valence-corrected chi connectivity index (χ3v) is 2.43. The van der Waals surface area contributed by atoms with E-state index in [4.69, 9.17) is 0 Å². The summed E-state index contributed by atoms with van der Waals surface area (Å²) >= 11 is 0.